The Morgan fingerprint density at radius 2 is 1.72 bits per heavy atom. The summed E-state index contributed by atoms with van der Waals surface area (Å²) in [6.07, 6.45) is 0. The maximum Gasteiger partial charge on any atom is 0.252 e. The van der Waals surface area contributed by atoms with Crippen LogP contribution in [0.2, 0.25) is 0 Å². The third kappa shape index (κ3) is 5.08. The number of hydrogen-bond donors (Lipinski definition) is 2. The van der Waals surface area contributed by atoms with Crippen molar-refractivity contribution in [3.63, 3.8) is 0 Å². The number of ether oxygens (including phenoxy) is 2. The molecule has 0 saturated heterocycles. The van der Waals surface area contributed by atoms with Gasteiger partial charge in [-0.15, -0.1) is 10.2 Å². The highest BCUT2D eigenvalue weighted by Gasteiger charge is 2.19. The molecule has 150 valence electrons. The van der Waals surface area contributed by atoms with E-state index in [4.69, 9.17) is 9.47 Å². The van der Waals surface area contributed by atoms with Crippen molar-refractivity contribution in [2.75, 3.05) is 19.5 Å². The van der Waals surface area contributed by atoms with Gasteiger partial charge in [-0.2, -0.15) is 0 Å². The first-order valence-electron chi connectivity index (χ1n) is 8.74. The van der Waals surface area contributed by atoms with E-state index in [-0.39, 0.29) is 5.91 Å². The minimum atomic E-state index is -0.762. The molecule has 0 unspecified atom stereocenters. The summed E-state index contributed by atoms with van der Waals surface area (Å²) in [7, 11) is 3.12. The molecule has 29 heavy (non-hydrogen) atoms. The number of carbonyl (C=O) groups excluding carboxylic acids is 2. The predicted octanol–water partition coefficient (Wildman–Crippen LogP) is 2.98. The first kappa shape index (κ1) is 20.3. The number of hydrogen-bond acceptors (Lipinski definition) is 7. The lowest BCUT2D eigenvalue weighted by Gasteiger charge is -2.13. The van der Waals surface area contributed by atoms with Gasteiger partial charge in [0, 0.05) is 11.1 Å². The lowest BCUT2D eigenvalue weighted by molar-refractivity contribution is -0.117. The molecule has 8 nitrogen and oxygen atoms in total. The van der Waals surface area contributed by atoms with Crippen LogP contribution in [-0.2, 0) is 4.79 Å². The minimum Gasteiger partial charge on any atom is -0.497 e. The van der Waals surface area contributed by atoms with Gasteiger partial charge in [0.15, 0.2) is 0 Å². The van der Waals surface area contributed by atoms with Gasteiger partial charge in [-0.05, 0) is 49.4 Å². The second kappa shape index (κ2) is 9.16. The fourth-order valence-corrected chi connectivity index (χ4v) is 3.20. The van der Waals surface area contributed by atoms with E-state index in [1.54, 1.807) is 38.3 Å². The lowest BCUT2D eigenvalue weighted by atomic mass is 10.2. The molecule has 0 radical (unpaired) electrons. The second-order valence-corrected chi connectivity index (χ2v) is 7.03. The first-order chi connectivity index (χ1) is 14.0. The molecule has 2 N–H and O–H groups in total. The standard InChI is InChI=1S/C20H20N4O4S/c1-12(21-18(26)14-5-4-6-16(11-14)28-3)17(25)22-20-24-23-19(29-20)13-7-9-15(27-2)10-8-13/h4-12H,1-3H3,(H,21,26)(H,22,24,25)/t12-/m0/s1. The van der Waals surface area contributed by atoms with Gasteiger partial charge in [0.2, 0.25) is 11.0 Å². The number of aromatic nitrogens is 2. The summed E-state index contributed by atoms with van der Waals surface area (Å²) in [6.45, 7) is 1.60. The molecule has 2 aromatic carbocycles. The van der Waals surface area contributed by atoms with Crippen LogP contribution >= 0.6 is 11.3 Å². The maximum absolute atomic E-state index is 12.4. The van der Waals surface area contributed by atoms with E-state index in [0.717, 1.165) is 11.3 Å². The quantitative estimate of drug-likeness (QED) is 0.619. The molecule has 0 bridgehead atoms. The SMILES string of the molecule is COc1ccc(-c2nnc(NC(=O)[C@H](C)NC(=O)c3cccc(OC)c3)s2)cc1. The zero-order valence-electron chi connectivity index (χ0n) is 16.1. The van der Waals surface area contributed by atoms with Gasteiger partial charge in [0.1, 0.15) is 22.5 Å². The summed E-state index contributed by atoms with van der Waals surface area (Å²) in [5.41, 5.74) is 1.27. The highest BCUT2D eigenvalue weighted by molar-refractivity contribution is 7.18. The third-order valence-electron chi connectivity index (χ3n) is 4.06. The highest BCUT2D eigenvalue weighted by atomic mass is 32.1. The van der Waals surface area contributed by atoms with Crippen LogP contribution in [0.4, 0.5) is 5.13 Å². The largest absolute Gasteiger partial charge is 0.497 e. The Labute approximate surface area is 171 Å². The Kier molecular flexibility index (Phi) is 6.40. The van der Waals surface area contributed by atoms with Crippen molar-refractivity contribution in [1.82, 2.24) is 15.5 Å². The van der Waals surface area contributed by atoms with Crippen molar-refractivity contribution in [2.45, 2.75) is 13.0 Å². The van der Waals surface area contributed by atoms with Gasteiger partial charge >= 0.3 is 0 Å². The van der Waals surface area contributed by atoms with Crippen LogP contribution in [0.3, 0.4) is 0 Å². The van der Waals surface area contributed by atoms with Gasteiger partial charge in [-0.3, -0.25) is 14.9 Å². The molecule has 0 saturated carbocycles. The monoisotopic (exact) mass is 412 g/mol. The number of benzene rings is 2. The van der Waals surface area contributed by atoms with Crippen molar-refractivity contribution in [3.8, 4) is 22.1 Å². The molecule has 1 aromatic heterocycles. The van der Waals surface area contributed by atoms with Crippen LogP contribution in [0.5, 0.6) is 11.5 Å². The van der Waals surface area contributed by atoms with Crippen molar-refractivity contribution in [3.05, 3.63) is 54.1 Å². The smallest absolute Gasteiger partial charge is 0.252 e. The van der Waals surface area contributed by atoms with E-state index in [2.05, 4.69) is 20.8 Å². The number of anilines is 1. The fourth-order valence-electron chi connectivity index (χ4n) is 2.45. The molecule has 0 aliphatic carbocycles. The number of nitrogens with zero attached hydrogens (tertiary/aromatic N) is 2. The van der Waals surface area contributed by atoms with Crippen LogP contribution < -0.4 is 20.1 Å². The zero-order chi connectivity index (χ0) is 20.8. The van der Waals surface area contributed by atoms with Gasteiger partial charge in [-0.25, -0.2) is 0 Å². The lowest BCUT2D eigenvalue weighted by Crippen LogP contribution is -2.41. The zero-order valence-corrected chi connectivity index (χ0v) is 16.9. The topological polar surface area (TPSA) is 102 Å². The predicted molar refractivity (Wildman–Crippen MR) is 110 cm³/mol. The van der Waals surface area contributed by atoms with Gasteiger partial charge in [-0.1, -0.05) is 17.4 Å². The molecule has 2 amide bonds. The number of nitrogens with one attached hydrogen (secondary N) is 2. The molecule has 0 aliphatic heterocycles. The second-order valence-electron chi connectivity index (χ2n) is 6.06. The summed E-state index contributed by atoms with van der Waals surface area (Å²) in [5.74, 6) is 0.545. The maximum atomic E-state index is 12.4. The molecule has 9 heteroatoms. The van der Waals surface area contributed by atoms with Crippen LogP contribution in [0.15, 0.2) is 48.5 Å². The Bertz CT molecular complexity index is 1000. The van der Waals surface area contributed by atoms with E-state index >= 15 is 0 Å². The Hall–Kier alpha value is -3.46. The van der Waals surface area contributed by atoms with Crippen LogP contribution in [0.1, 0.15) is 17.3 Å². The highest BCUT2D eigenvalue weighted by Crippen LogP contribution is 2.27. The van der Waals surface area contributed by atoms with E-state index in [1.165, 1.54) is 18.4 Å². The van der Waals surface area contributed by atoms with E-state index in [9.17, 15) is 9.59 Å². The van der Waals surface area contributed by atoms with Crippen molar-refractivity contribution < 1.29 is 19.1 Å². The molecule has 0 spiro atoms. The molecular formula is C20H20N4O4S. The number of amides is 2. The average molecular weight is 412 g/mol. The van der Waals surface area contributed by atoms with Crippen LogP contribution in [0, 0.1) is 0 Å². The Morgan fingerprint density at radius 1 is 1.00 bits per heavy atom. The van der Waals surface area contributed by atoms with E-state index in [1.807, 2.05) is 24.3 Å². The van der Waals surface area contributed by atoms with Crippen LogP contribution in [0.25, 0.3) is 10.6 Å². The molecule has 3 rings (SSSR count). The summed E-state index contributed by atoms with van der Waals surface area (Å²) in [4.78, 5) is 24.7. The van der Waals surface area contributed by atoms with Crippen molar-refractivity contribution >= 4 is 28.3 Å². The Balaban J connectivity index is 1.60. The summed E-state index contributed by atoms with van der Waals surface area (Å²) in [5, 5.41) is 14.4. The Morgan fingerprint density at radius 3 is 2.41 bits per heavy atom. The third-order valence-corrected chi connectivity index (χ3v) is 4.95. The number of carbonyl (C=O) groups is 2. The molecule has 0 fully saturated rings. The van der Waals surface area contributed by atoms with Gasteiger partial charge in [0.25, 0.3) is 5.91 Å². The van der Waals surface area contributed by atoms with Gasteiger partial charge in [0.05, 0.1) is 14.2 Å². The average Bonchev–Trinajstić information content (AvgIpc) is 3.22. The first-order valence-corrected chi connectivity index (χ1v) is 9.55. The number of methoxy groups -OCH3 is 2. The molecule has 1 atom stereocenters. The molecular weight excluding hydrogens is 392 g/mol. The van der Waals surface area contributed by atoms with E-state index < -0.39 is 11.9 Å². The van der Waals surface area contributed by atoms with Gasteiger partial charge < -0.3 is 14.8 Å². The molecule has 1 heterocycles. The molecule has 3 aromatic rings. The minimum absolute atomic E-state index is 0.350. The normalized spacial score (nSPS) is 11.4. The summed E-state index contributed by atoms with van der Waals surface area (Å²) >= 11 is 1.24. The van der Waals surface area contributed by atoms with Crippen molar-refractivity contribution in [2.24, 2.45) is 0 Å². The number of rotatable bonds is 7. The summed E-state index contributed by atoms with van der Waals surface area (Å²) < 4.78 is 10.2. The van der Waals surface area contributed by atoms with Crippen LogP contribution in [-0.4, -0.2) is 42.3 Å². The summed E-state index contributed by atoms with van der Waals surface area (Å²) in [6, 6.07) is 13.3. The molecule has 0 aliphatic rings. The van der Waals surface area contributed by atoms with E-state index in [0.29, 0.717) is 21.5 Å². The van der Waals surface area contributed by atoms with Crippen molar-refractivity contribution in [1.29, 1.82) is 0 Å². The fraction of sp³-hybridized carbons (Fsp3) is 0.200.